The molecule has 0 aliphatic rings. The van der Waals surface area contributed by atoms with Gasteiger partial charge in [-0.1, -0.05) is 13.3 Å². The molecular weight excluding hydrogens is 164 g/mol. The predicted octanol–water partition coefficient (Wildman–Crippen LogP) is 2.10. The Balaban J connectivity index is 2.70. The second-order valence-corrected chi connectivity index (χ2v) is 3.33. The van der Waals surface area contributed by atoms with Crippen molar-refractivity contribution in [2.75, 3.05) is 0 Å². The van der Waals surface area contributed by atoms with Crippen molar-refractivity contribution in [3.63, 3.8) is 0 Å². The molecule has 0 fully saturated rings. The van der Waals surface area contributed by atoms with Crippen molar-refractivity contribution in [2.45, 2.75) is 33.1 Å². The van der Waals surface area contributed by atoms with Crippen LogP contribution < -0.4 is 0 Å². The van der Waals surface area contributed by atoms with Crippen molar-refractivity contribution in [2.24, 2.45) is 7.05 Å². The minimum absolute atomic E-state index is 0.215. The summed E-state index contributed by atoms with van der Waals surface area (Å²) in [4.78, 5) is 11.6. The Labute approximate surface area is 78.8 Å². The van der Waals surface area contributed by atoms with Crippen molar-refractivity contribution in [3.05, 3.63) is 17.5 Å². The van der Waals surface area contributed by atoms with E-state index in [9.17, 15) is 4.79 Å². The molecule has 1 aromatic heterocycles. The lowest BCUT2D eigenvalue weighted by Gasteiger charge is -1.95. The first-order valence-electron chi connectivity index (χ1n) is 4.68. The highest BCUT2D eigenvalue weighted by Crippen LogP contribution is 2.09. The summed E-state index contributed by atoms with van der Waals surface area (Å²) in [5, 5.41) is 4.14. The van der Waals surface area contributed by atoms with E-state index in [1.807, 2.05) is 14.0 Å². The second-order valence-electron chi connectivity index (χ2n) is 3.33. The smallest absolute Gasteiger partial charge is 0.166 e. The summed E-state index contributed by atoms with van der Waals surface area (Å²) in [6.45, 7) is 3.96. The van der Waals surface area contributed by atoms with Gasteiger partial charge in [-0.2, -0.15) is 5.10 Å². The van der Waals surface area contributed by atoms with Gasteiger partial charge in [-0.05, 0) is 13.3 Å². The van der Waals surface area contributed by atoms with Crippen LogP contribution in [0.15, 0.2) is 6.20 Å². The second kappa shape index (κ2) is 4.21. The topological polar surface area (TPSA) is 34.9 Å². The Morgan fingerprint density at radius 3 is 2.77 bits per heavy atom. The molecule has 0 N–H and O–H groups in total. The summed E-state index contributed by atoms with van der Waals surface area (Å²) < 4.78 is 1.69. The molecule has 0 aromatic carbocycles. The fourth-order valence-electron chi connectivity index (χ4n) is 1.35. The average molecular weight is 180 g/mol. The quantitative estimate of drug-likeness (QED) is 0.665. The molecule has 13 heavy (non-hydrogen) atoms. The third-order valence-corrected chi connectivity index (χ3v) is 2.07. The SMILES string of the molecule is CCCCC(=O)c1cn(C)nc1C. The number of ketones is 1. The van der Waals surface area contributed by atoms with Crippen LogP contribution >= 0.6 is 0 Å². The van der Waals surface area contributed by atoms with Gasteiger partial charge >= 0.3 is 0 Å². The van der Waals surface area contributed by atoms with E-state index in [4.69, 9.17) is 0 Å². The number of carbonyl (C=O) groups is 1. The standard InChI is InChI=1S/C10H16N2O/c1-4-5-6-10(13)9-7-12(3)11-8(9)2/h7H,4-6H2,1-3H3. The van der Waals surface area contributed by atoms with Crippen LogP contribution in [0.1, 0.15) is 42.2 Å². The van der Waals surface area contributed by atoms with Gasteiger partial charge in [-0.15, -0.1) is 0 Å². The van der Waals surface area contributed by atoms with E-state index >= 15 is 0 Å². The minimum atomic E-state index is 0.215. The predicted molar refractivity (Wildman–Crippen MR) is 51.8 cm³/mol. The first-order chi connectivity index (χ1) is 6.15. The van der Waals surface area contributed by atoms with Crippen LogP contribution in [-0.2, 0) is 7.05 Å². The number of hydrogen-bond acceptors (Lipinski definition) is 2. The Morgan fingerprint density at radius 2 is 2.31 bits per heavy atom. The molecule has 0 saturated carbocycles. The monoisotopic (exact) mass is 180 g/mol. The summed E-state index contributed by atoms with van der Waals surface area (Å²) in [5.74, 6) is 0.215. The lowest BCUT2D eigenvalue weighted by Crippen LogP contribution is -1.98. The molecule has 0 radical (unpaired) electrons. The van der Waals surface area contributed by atoms with Crippen molar-refractivity contribution in [3.8, 4) is 0 Å². The molecule has 1 rings (SSSR count). The third kappa shape index (κ3) is 2.41. The van der Waals surface area contributed by atoms with Crippen LogP contribution in [-0.4, -0.2) is 15.6 Å². The van der Waals surface area contributed by atoms with E-state index in [1.165, 1.54) is 0 Å². The Bertz CT molecular complexity index is 302. The first-order valence-corrected chi connectivity index (χ1v) is 4.68. The van der Waals surface area contributed by atoms with Crippen molar-refractivity contribution < 1.29 is 4.79 Å². The molecule has 3 heteroatoms. The van der Waals surface area contributed by atoms with E-state index in [0.717, 1.165) is 24.1 Å². The fourth-order valence-corrected chi connectivity index (χ4v) is 1.35. The highest BCUT2D eigenvalue weighted by molar-refractivity contribution is 5.96. The van der Waals surface area contributed by atoms with Gasteiger partial charge in [0.25, 0.3) is 0 Å². The summed E-state index contributed by atoms with van der Waals surface area (Å²) >= 11 is 0. The third-order valence-electron chi connectivity index (χ3n) is 2.07. The van der Waals surface area contributed by atoms with Gasteiger partial charge in [0.05, 0.1) is 11.3 Å². The number of aryl methyl sites for hydroxylation is 2. The number of Topliss-reactive ketones (excluding diaryl/α,β-unsaturated/α-hetero) is 1. The fraction of sp³-hybridized carbons (Fsp3) is 0.600. The number of hydrogen-bond donors (Lipinski definition) is 0. The van der Waals surface area contributed by atoms with Crippen LogP contribution in [0.4, 0.5) is 0 Å². The van der Waals surface area contributed by atoms with Crippen LogP contribution in [0.2, 0.25) is 0 Å². The van der Waals surface area contributed by atoms with E-state index in [1.54, 1.807) is 10.9 Å². The largest absolute Gasteiger partial charge is 0.294 e. The van der Waals surface area contributed by atoms with Crippen LogP contribution in [0.5, 0.6) is 0 Å². The average Bonchev–Trinajstić information content (AvgIpc) is 2.41. The first kappa shape index (κ1) is 9.96. The van der Waals surface area contributed by atoms with Gasteiger partial charge in [-0.25, -0.2) is 0 Å². The highest BCUT2D eigenvalue weighted by Gasteiger charge is 2.10. The van der Waals surface area contributed by atoms with Crippen LogP contribution in [0.3, 0.4) is 0 Å². The molecule has 1 aromatic rings. The van der Waals surface area contributed by atoms with Gasteiger partial charge in [-0.3, -0.25) is 9.48 Å². The number of aromatic nitrogens is 2. The van der Waals surface area contributed by atoms with Gasteiger partial charge in [0.1, 0.15) is 0 Å². The summed E-state index contributed by atoms with van der Waals surface area (Å²) in [6.07, 6.45) is 4.47. The Kier molecular flexibility index (Phi) is 3.23. The number of unbranched alkanes of at least 4 members (excludes halogenated alkanes) is 1. The summed E-state index contributed by atoms with van der Waals surface area (Å²) in [5.41, 5.74) is 1.61. The normalized spacial score (nSPS) is 10.4. The highest BCUT2D eigenvalue weighted by atomic mass is 16.1. The van der Waals surface area contributed by atoms with Gasteiger partial charge in [0, 0.05) is 19.7 Å². The minimum Gasteiger partial charge on any atom is -0.294 e. The number of rotatable bonds is 4. The lowest BCUT2D eigenvalue weighted by atomic mass is 10.1. The van der Waals surface area contributed by atoms with Crippen LogP contribution in [0, 0.1) is 6.92 Å². The molecule has 0 saturated heterocycles. The molecule has 0 spiro atoms. The molecule has 0 aliphatic heterocycles. The van der Waals surface area contributed by atoms with Crippen LogP contribution in [0.25, 0.3) is 0 Å². The molecule has 1 heterocycles. The zero-order chi connectivity index (χ0) is 9.84. The van der Waals surface area contributed by atoms with Crippen molar-refractivity contribution in [1.82, 2.24) is 9.78 Å². The summed E-state index contributed by atoms with van der Waals surface area (Å²) in [6, 6.07) is 0. The molecular formula is C10H16N2O. The number of nitrogens with zero attached hydrogens (tertiary/aromatic N) is 2. The van der Waals surface area contributed by atoms with Gasteiger partial charge in [0.2, 0.25) is 0 Å². The number of carbonyl (C=O) groups excluding carboxylic acids is 1. The molecule has 3 nitrogen and oxygen atoms in total. The molecule has 0 amide bonds. The lowest BCUT2D eigenvalue weighted by molar-refractivity contribution is 0.0979. The van der Waals surface area contributed by atoms with E-state index in [2.05, 4.69) is 12.0 Å². The maximum Gasteiger partial charge on any atom is 0.166 e. The molecule has 72 valence electrons. The zero-order valence-corrected chi connectivity index (χ0v) is 8.50. The Hall–Kier alpha value is -1.12. The molecule has 0 bridgehead atoms. The van der Waals surface area contributed by atoms with E-state index < -0.39 is 0 Å². The van der Waals surface area contributed by atoms with Gasteiger partial charge in [0.15, 0.2) is 5.78 Å². The Morgan fingerprint density at radius 1 is 1.62 bits per heavy atom. The maximum absolute atomic E-state index is 11.6. The van der Waals surface area contributed by atoms with Gasteiger partial charge < -0.3 is 0 Å². The molecule has 0 unspecified atom stereocenters. The van der Waals surface area contributed by atoms with E-state index in [-0.39, 0.29) is 5.78 Å². The van der Waals surface area contributed by atoms with Crippen molar-refractivity contribution >= 4 is 5.78 Å². The molecule has 0 aliphatic carbocycles. The van der Waals surface area contributed by atoms with E-state index in [0.29, 0.717) is 6.42 Å². The van der Waals surface area contributed by atoms with Crippen molar-refractivity contribution in [1.29, 1.82) is 0 Å². The summed E-state index contributed by atoms with van der Waals surface area (Å²) in [7, 11) is 1.84. The molecule has 0 atom stereocenters. The zero-order valence-electron chi connectivity index (χ0n) is 8.50. The maximum atomic E-state index is 11.6.